The number of amides is 2. The van der Waals surface area contributed by atoms with E-state index in [0.29, 0.717) is 19.4 Å². The van der Waals surface area contributed by atoms with Crippen LogP contribution in [0.4, 0.5) is 17.6 Å². The highest BCUT2D eigenvalue weighted by atomic mass is 32.1. The summed E-state index contributed by atoms with van der Waals surface area (Å²) in [6.07, 6.45) is -3.26. The van der Waals surface area contributed by atoms with Crippen molar-refractivity contribution in [2.75, 3.05) is 13.1 Å². The summed E-state index contributed by atoms with van der Waals surface area (Å²) in [4.78, 5) is 31.2. The molecule has 4 rings (SSSR count). The summed E-state index contributed by atoms with van der Waals surface area (Å²) < 4.78 is 52.5. The zero-order valence-corrected chi connectivity index (χ0v) is 20.7. The van der Waals surface area contributed by atoms with Crippen LogP contribution in [0.15, 0.2) is 60.0 Å². The molecule has 1 aliphatic heterocycles. The number of halogens is 4. The maximum absolute atomic E-state index is 13.6. The Morgan fingerprint density at radius 1 is 1.08 bits per heavy atom. The quantitative estimate of drug-likeness (QED) is 0.358. The Balaban J connectivity index is 1.61. The van der Waals surface area contributed by atoms with E-state index < -0.39 is 23.7 Å². The molecular formula is C27H26F4N2O2S. The summed E-state index contributed by atoms with van der Waals surface area (Å²) in [6, 6.07) is 11.3. The number of alkyl halides is 3. The highest BCUT2D eigenvalue weighted by Crippen LogP contribution is 2.38. The fourth-order valence-corrected chi connectivity index (χ4v) is 5.35. The average molecular weight is 519 g/mol. The van der Waals surface area contributed by atoms with Crippen molar-refractivity contribution in [3.8, 4) is 0 Å². The second-order valence-corrected chi connectivity index (χ2v) is 9.86. The van der Waals surface area contributed by atoms with Crippen molar-refractivity contribution in [2.45, 2.75) is 44.9 Å². The fourth-order valence-electron chi connectivity index (χ4n) is 4.44. The third-order valence-electron chi connectivity index (χ3n) is 6.62. The number of fused-ring (bicyclic) bond motifs is 1. The molecule has 0 radical (unpaired) electrons. The van der Waals surface area contributed by atoms with Crippen LogP contribution < -0.4 is 0 Å². The van der Waals surface area contributed by atoms with Gasteiger partial charge in [-0.1, -0.05) is 19.1 Å². The number of carbonyl (C=O) groups is 2. The molecule has 1 aromatic heterocycles. The normalized spacial score (nSPS) is 16.4. The van der Waals surface area contributed by atoms with Gasteiger partial charge >= 0.3 is 6.18 Å². The second kappa shape index (κ2) is 10.4. The Morgan fingerprint density at radius 3 is 2.36 bits per heavy atom. The Kier molecular flexibility index (Phi) is 7.49. The zero-order chi connectivity index (χ0) is 26.0. The Bertz CT molecular complexity index is 1220. The molecule has 0 spiro atoms. The molecule has 0 aliphatic carbocycles. The molecule has 0 bridgehead atoms. The van der Waals surface area contributed by atoms with Crippen LogP contribution >= 0.6 is 11.3 Å². The summed E-state index contributed by atoms with van der Waals surface area (Å²) in [7, 11) is 0. The van der Waals surface area contributed by atoms with Gasteiger partial charge in [-0.2, -0.15) is 13.2 Å². The fraction of sp³-hybridized carbons (Fsp3) is 0.333. The van der Waals surface area contributed by atoms with Gasteiger partial charge in [-0.05, 0) is 78.7 Å². The van der Waals surface area contributed by atoms with E-state index in [-0.39, 0.29) is 29.9 Å². The van der Waals surface area contributed by atoms with Gasteiger partial charge in [0.05, 0.1) is 11.6 Å². The van der Waals surface area contributed by atoms with E-state index in [2.05, 4.69) is 0 Å². The minimum absolute atomic E-state index is 0.0879. The van der Waals surface area contributed by atoms with Crippen LogP contribution in [0.25, 0.3) is 0 Å². The highest BCUT2D eigenvalue weighted by molar-refractivity contribution is 7.10. The summed E-state index contributed by atoms with van der Waals surface area (Å²) >= 11 is 1.61. The first-order valence-corrected chi connectivity index (χ1v) is 12.6. The van der Waals surface area contributed by atoms with Crippen molar-refractivity contribution >= 4 is 23.2 Å². The van der Waals surface area contributed by atoms with Gasteiger partial charge < -0.3 is 9.80 Å². The highest BCUT2D eigenvalue weighted by Gasteiger charge is 2.35. The summed E-state index contributed by atoms with van der Waals surface area (Å²) in [5.41, 5.74) is 1.00. The van der Waals surface area contributed by atoms with Crippen LogP contribution in [0.5, 0.6) is 0 Å². The van der Waals surface area contributed by atoms with Crippen molar-refractivity contribution in [1.82, 2.24) is 9.80 Å². The van der Waals surface area contributed by atoms with Crippen molar-refractivity contribution in [3.63, 3.8) is 0 Å². The van der Waals surface area contributed by atoms with Gasteiger partial charge in [-0.15, -0.1) is 11.3 Å². The molecular weight excluding hydrogens is 492 g/mol. The number of nitrogens with zero attached hydrogens (tertiary/aromatic N) is 2. The molecule has 0 N–H and O–H groups in total. The van der Waals surface area contributed by atoms with Crippen LogP contribution in [-0.4, -0.2) is 40.7 Å². The minimum atomic E-state index is -4.50. The molecule has 0 saturated heterocycles. The Labute approximate surface area is 211 Å². The summed E-state index contributed by atoms with van der Waals surface area (Å²) in [6.45, 7) is 3.91. The van der Waals surface area contributed by atoms with Gasteiger partial charge in [0, 0.05) is 23.0 Å². The van der Waals surface area contributed by atoms with E-state index in [1.807, 2.05) is 18.4 Å². The van der Waals surface area contributed by atoms with Crippen LogP contribution in [-0.2, 0) is 17.4 Å². The molecule has 2 atom stereocenters. The lowest BCUT2D eigenvalue weighted by Gasteiger charge is -2.38. The summed E-state index contributed by atoms with van der Waals surface area (Å²) in [5, 5.41) is 1.97. The average Bonchev–Trinajstić information content (AvgIpc) is 3.35. The van der Waals surface area contributed by atoms with Gasteiger partial charge in [0.2, 0.25) is 5.91 Å². The predicted molar refractivity (Wildman–Crippen MR) is 130 cm³/mol. The first-order valence-electron chi connectivity index (χ1n) is 11.7. The molecule has 36 heavy (non-hydrogen) atoms. The molecule has 2 aromatic carbocycles. The van der Waals surface area contributed by atoms with Gasteiger partial charge in [0.25, 0.3) is 5.91 Å². The third kappa shape index (κ3) is 5.31. The Hall–Kier alpha value is -3.20. The molecule has 9 heteroatoms. The van der Waals surface area contributed by atoms with Gasteiger partial charge in [-0.3, -0.25) is 9.59 Å². The third-order valence-corrected chi connectivity index (χ3v) is 7.62. The smallest absolute Gasteiger partial charge is 0.330 e. The molecule has 1 aliphatic rings. The maximum Gasteiger partial charge on any atom is 0.416 e. The van der Waals surface area contributed by atoms with Crippen LogP contribution in [0, 0.1) is 5.82 Å². The van der Waals surface area contributed by atoms with Crippen molar-refractivity contribution in [2.24, 2.45) is 0 Å². The molecule has 2 unspecified atom stereocenters. The number of carbonyl (C=O) groups excluding carboxylic acids is 2. The maximum atomic E-state index is 13.6. The second-order valence-electron chi connectivity index (χ2n) is 8.86. The molecule has 2 heterocycles. The van der Waals surface area contributed by atoms with Crippen LogP contribution in [0.2, 0.25) is 0 Å². The van der Waals surface area contributed by atoms with Crippen molar-refractivity contribution < 1.29 is 27.2 Å². The molecule has 3 aromatic rings. The molecule has 2 amide bonds. The summed E-state index contributed by atoms with van der Waals surface area (Å²) in [5.74, 6) is -1.15. The van der Waals surface area contributed by atoms with E-state index in [1.54, 1.807) is 35.3 Å². The molecule has 0 saturated carbocycles. The lowest BCUT2D eigenvalue weighted by Crippen LogP contribution is -2.49. The zero-order valence-electron chi connectivity index (χ0n) is 19.9. The number of hydrogen-bond donors (Lipinski definition) is 0. The van der Waals surface area contributed by atoms with E-state index in [9.17, 15) is 27.2 Å². The minimum Gasteiger partial charge on any atom is -0.330 e. The standard InChI is InChI=1S/C27H26F4N2O2S/c1-3-17(2)33(26(35)19-4-8-20(9-5-19)27(29,30)31)16-24(34)32-14-12-23-22(13-15-36-23)25(32)18-6-10-21(28)11-7-18/h4-11,13,15,17,25H,3,12,14,16H2,1-2H3. The Morgan fingerprint density at radius 2 is 1.75 bits per heavy atom. The van der Waals surface area contributed by atoms with Gasteiger partial charge in [0.15, 0.2) is 0 Å². The molecule has 190 valence electrons. The topological polar surface area (TPSA) is 40.6 Å². The van der Waals surface area contributed by atoms with Crippen molar-refractivity contribution in [1.29, 1.82) is 0 Å². The van der Waals surface area contributed by atoms with E-state index in [0.717, 1.165) is 40.3 Å². The monoisotopic (exact) mass is 518 g/mol. The molecule has 0 fully saturated rings. The van der Waals surface area contributed by atoms with Gasteiger partial charge in [-0.25, -0.2) is 4.39 Å². The number of rotatable bonds is 6. The lowest BCUT2D eigenvalue weighted by atomic mass is 9.93. The van der Waals surface area contributed by atoms with Crippen molar-refractivity contribution in [3.05, 3.63) is 92.9 Å². The van der Waals surface area contributed by atoms with Crippen LogP contribution in [0.3, 0.4) is 0 Å². The van der Waals surface area contributed by atoms with E-state index in [1.165, 1.54) is 17.0 Å². The number of hydrogen-bond acceptors (Lipinski definition) is 3. The predicted octanol–water partition coefficient (Wildman–Crippen LogP) is 6.32. The molecule has 4 nitrogen and oxygen atoms in total. The first-order chi connectivity index (χ1) is 17.1. The van der Waals surface area contributed by atoms with E-state index >= 15 is 0 Å². The lowest BCUT2D eigenvalue weighted by molar-refractivity contribution is -0.137. The largest absolute Gasteiger partial charge is 0.416 e. The number of thiophene rings is 1. The van der Waals surface area contributed by atoms with Gasteiger partial charge in [0.1, 0.15) is 12.4 Å². The number of benzene rings is 2. The van der Waals surface area contributed by atoms with Crippen LogP contribution in [0.1, 0.15) is 58.2 Å². The van der Waals surface area contributed by atoms with E-state index in [4.69, 9.17) is 0 Å². The SMILES string of the molecule is CCC(C)N(CC(=O)N1CCc2sccc2C1c1ccc(F)cc1)C(=O)c1ccc(C(F)(F)F)cc1. The first kappa shape index (κ1) is 25.9.